The molecule has 0 saturated carbocycles. The van der Waals surface area contributed by atoms with Crippen LogP contribution in [0.5, 0.6) is 11.5 Å². The summed E-state index contributed by atoms with van der Waals surface area (Å²) in [5.41, 5.74) is 7.76. The highest BCUT2D eigenvalue weighted by atomic mass is 19.1. The van der Waals surface area contributed by atoms with Gasteiger partial charge in [0.05, 0.1) is 5.56 Å². The zero-order valence-electron chi connectivity index (χ0n) is 10.8. The second-order valence-electron chi connectivity index (χ2n) is 4.43. The Labute approximate surface area is 111 Å². The third kappa shape index (κ3) is 2.91. The minimum Gasteiger partial charge on any atom is -0.456 e. The van der Waals surface area contributed by atoms with Gasteiger partial charge in [0, 0.05) is 0 Å². The van der Waals surface area contributed by atoms with Crippen LogP contribution in [0.3, 0.4) is 0 Å². The minimum absolute atomic E-state index is 0.0570. The summed E-state index contributed by atoms with van der Waals surface area (Å²) in [4.78, 5) is 0. The molecule has 0 aliphatic rings. The van der Waals surface area contributed by atoms with Crippen LogP contribution in [0.4, 0.5) is 4.39 Å². The number of halogens is 1. The molecule has 0 radical (unpaired) electrons. The van der Waals surface area contributed by atoms with E-state index in [1.165, 1.54) is 12.1 Å². The van der Waals surface area contributed by atoms with Crippen molar-refractivity contribution in [2.24, 2.45) is 5.73 Å². The molecule has 0 saturated heterocycles. The fourth-order valence-electron chi connectivity index (χ4n) is 1.79. The molecule has 2 aromatic carbocycles. The number of aryl methyl sites for hydroxylation is 2. The predicted octanol–water partition coefficient (Wildman–Crippen LogP) is 3.52. The summed E-state index contributed by atoms with van der Waals surface area (Å²) in [6, 6.07) is 9.72. The minimum atomic E-state index is -0.305. The van der Waals surface area contributed by atoms with E-state index >= 15 is 0 Å². The van der Waals surface area contributed by atoms with Crippen molar-refractivity contribution in [2.75, 3.05) is 0 Å². The van der Waals surface area contributed by atoms with E-state index in [1.807, 2.05) is 13.0 Å². The monoisotopic (exact) mass is 258 g/mol. The average Bonchev–Trinajstić information content (AvgIpc) is 2.34. The second-order valence-corrected chi connectivity index (χ2v) is 4.43. The van der Waals surface area contributed by atoms with Crippen LogP contribution in [-0.4, -0.2) is 5.84 Å². The van der Waals surface area contributed by atoms with Crippen LogP contribution in [0, 0.1) is 25.1 Å². The molecule has 3 N–H and O–H groups in total. The van der Waals surface area contributed by atoms with Crippen molar-refractivity contribution in [1.29, 1.82) is 5.41 Å². The molecule has 2 aromatic rings. The molecule has 0 atom stereocenters. The Hall–Kier alpha value is -2.36. The molecule has 0 unspecified atom stereocenters. The van der Waals surface area contributed by atoms with Gasteiger partial charge in [0.1, 0.15) is 23.2 Å². The number of amidine groups is 1. The van der Waals surface area contributed by atoms with Gasteiger partial charge in [-0.15, -0.1) is 0 Å². The molecule has 0 fully saturated rings. The van der Waals surface area contributed by atoms with Gasteiger partial charge in [0.15, 0.2) is 0 Å². The fourth-order valence-corrected chi connectivity index (χ4v) is 1.79. The summed E-state index contributed by atoms with van der Waals surface area (Å²) in [7, 11) is 0. The molecule has 0 amide bonds. The van der Waals surface area contributed by atoms with Gasteiger partial charge in [-0.1, -0.05) is 11.6 Å². The summed E-state index contributed by atoms with van der Waals surface area (Å²) in [5, 5.41) is 7.56. The predicted molar refractivity (Wildman–Crippen MR) is 73.4 cm³/mol. The first-order chi connectivity index (χ1) is 8.97. The molecule has 0 aliphatic heterocycles. The van der Waals surface area contributed by atoms with Gasteiger partial charge in [-0.2, -0.15) is 0 Å². The Morgan fingerprint density at radius 3 is 2.42 bits per heavy atom. The fraction of sp³-hybridized carbons (Fsp3) is 0.133. The number of hydrogen-bond acceptors (Lipinski definition) is 2. The average molecular weight is 258 g/mol. The quantitative estimate of drug-likeness (QED) is 0.653. The molecule has 0 aromatic heterocycles. The maximum absolute atomic E-state index is 13.0. The van der Waals surface area contributed by atoms with E-state index < -0.39 is 0 Å². The molecule has 4 heteroatoms. The van der Waals surface area contributed by atoms with E-state index in [-0.39, 0.29) is 11.7 Å². The first-order valence-electron chi connectivity index (χ1n) is 5.86. The Kier molecular flexibility index (Phi) is 3.51. The number of nitrogens with one attached hydrogen (secondary N) is 1. The van der Waals surface area contributed by atoms with Crippen molar-refractivity contribution in [2.45, 2.75) is 13.8 Å². The normalized spacial score (nSPS) is 10.3. The Bertz CT molecular complexity index is 638. The highest BCUT2D eigenvalue weighted by Crippen LogP contribution is 2.28. The van der Waals surface area contributed by atoms with Crippen LogP contribution in [-0.2, 0) is 0 Å². The Balaban J connectivity index is 2.40. The van der Waals surface area contributed by atoms with Gasteiger partial charge in [-0.05, 0) is 49.7 Å². The summed E-state index contributed by atoms with van der Waals surface area (Å²) in [5.74, 6) is 0.680. The molecule has 98 valence electrons. The maximum atomic E-state index is 13.0. The molecule has 19 heavy (non-hydrogen) atoms. The second kappa shape index (κ2) is 5.10. The SMILES string of the molecule is Cc1ccc(Oc2ccc(F)cc2C)c(C(=N)N)c1. The van der Waals surface area contributed by atoms with E-state index in [1.54, 1.807) is 25.1 Å². The largest absolute Gasteiger partial charge is 0.456 e. The van der Waals surface area contributed by atoms with Gasteiger partial charge in [0.25, 0.3) is 0 Å². The molecular weight excluding hydrogens is 243 g/mol. The summed E-state index contributed by atoms with van der Waals surface area (Å²) in [6.07, 6.45) is 0. The maximum Gasteiger partial charge on any atom is 0.138 e. The lowest BCUT2D eigenvalue weighted by molar-refractivity contribution is 0.475. The number of benzene rings is 2. The standard InChI is InChI=1S/C15H15FN2O/c1-9-3-5-14(12(7-9)15(17)18)19-13-6-4-11(16)8-10(13)2/h3-8H,1-2H3,(H3,17,18). The number of rotatable bonds is 3. The smallest absolute Gasteiger partial charge is 0.138 e. The lowest BCUT2D eigenvalue weighted by Crippen LogP contribution is -2.12. The van der Waals surface area contributed by atoms with Gasteiger partial charge < -0.3 is 10.5 Å². The van der Waals surface area contributed by atoms with E-state index in [0.29, 0.717) is 22.6 Å². The molecule has 0 bridgehead atoms. The number of hydrogen-bond donors (Lipinski definition) is 2. The lowest BCUT2D eigenvalue weighted by Gasteiger charge is -2.12. The topological polar surface area (TPSA) is 59.1 Å². The Morgan fingerprint density at radius 2 is 1.79 bits per heavy atom. The summed E-state index contributed by atoms with van der Waals surface area (Å²) >= 11 is 0. The molecule has 3 nitrogen and oxygen atoms in total. The van der Waals surface area contributed by atoms with Gasteiger partial charge >= 0.3 is 0 Å². The van der Waals surface area contributed by atoms with Crippen molar-refractivity contribution < 1.29 is 9.13 Å². The van der Waals surface area contributed by atoms with E-state index in [0.717, 1.165) is 5.56 Å². The third-order valence-corrected chi connectivity index (χ3v) is 2.78. The summed E-state index contributed by atoms with van der Waals surface area (Å²) < 4.78 is 18.8. The van der Waals surface area contributed by atoms with Crippen LogP contribution in [0.2, 0.25) is 0 Å². The van der Waals surface area contributed by atoms with E-state index in [4.69, 9.17) is 15.9 Å². The number of nitrogens with two attached hydrogens (primary N) is 1. The van der Waals surface area contributed by atoms with E-state index in [2.05, 4.69) is 0 Å². The van der Waals surface area contributed by atoms with Crippen molar-refractivity contribution in [3.8, 4) is 11.5 Å². The van der Waals surface area contributed by atoms with Crippen LogP contribution in [0.1, 0.15) is 16.7 Å². The summed E-state index contributed by atoms with van der Waals surface area (Å²) in [6.45, 7) is 3.68. The van der Waals surface area contributed by atoms with Gasteiger partial charge in [-0.3, -0.25) is 5.41 Å². The van der Waals surface area contributed by atoms with Gasteiger partial charge in [0.2, 0.25) is 0 Å². The Morgan fingerprint density at radius 1 is 1.11 bits per heavy atom. The highest BCUT2D eigenvalue weighted by Gasteiger charge is 2.10. The molecule has 0 heterocycles. The van der Waals surface area contributed by atoms with Crippen LogP contribution >= 0.6 is 0 Å². The van der Waals surface area contributed by atoms with Crippen LogP contribution < -0.4 is 10.5 Å². The van der Waals surface area contributed by atoms with Gasteiger partial charge in [-0.25, -0.2) is 4.39 Å². The van der Waals surface area contributed by atoms with Crippen molar-refractivity contribution in [3.63, 3.8) is 0 Å². The highest BCUT2D eigenvalue weighted by molar-refractivity contribution is 5.97. The van der Waals surface area contributed by atoms with Crippen molar-refractivity contribution in [3.05, 3.63) is 58.9 Å². The van der Waals surface area contributed by atoms with Crippen molar-refractivity contribution >= 4 is 5.84 Å². The first-order valence-corrected chi connectivity index (χ1v) is 5.86. The molecule has 0 aliphatic carbocycles. The van der Waals surface area contributed by atoms with E-state index in [9.17, 15) is 4.39 Å². The molecule has 0 spiro atoms. The zero-order valence-corrected chi connectivity index (χ0v) is 10.8. The first kappa shape index (κ1) is 13.1. The van der Waals surface area contributed by atoms with Crippen molar-refractivity contribution in [1.82, 2.24) is 0 Å². The van der Waals surface area contributed by atoms with Crippen LogP contribution in [0.25, 0.3) is 0 Å². The lowest BCUT2D eigenvalue weighted by atomic mass is 10.1. The molecule has 2 rings (SSSR count). The molecular formula is C15H15FN2O. The number of ether oxygens (including phenoxy) is 1. The zero-order chi connectivity index (χ0) is 14.0. The van der Waals surface area contributed by atoms with Crippen LogP contribution in [0.15, 0.2) is 36.4 Å². The third-order valence-electron chi connectivity index (χ3n) is 2.78. The number of nitrogen functional groups attached to an aromatic ring is 1.